The van der Waals surface area contributed by atoms with Gasteiger partial charge in [-0.1, -0.05) is 33.6 Å². The van der Waals surface area contributed by atoms with Crippen molar-refractivity contribution in [3.8, 4) is 11.5 Å². The molecule has 4 amide bonds. The molecule has 6 unspecified atom stereocenters. The number of aromatic hydroxyl groups is 1. The van der Waals surface area contributed by atoms with Crippen LogP contribution in [0.1, 0.15) is 34.7 Å². The molecule has 2 N–H and O–H groups in total. The molecule has 230 valence electrons. The molecule has 0 radical (unpaired) electrons. The first-order chi connectivity index (χ1) is 20.7. The van der Waals surface area contributed by atoms with Crippen molar-refractivity contribution in [3.05, 3.63) is 62.1 Å². The Morgan fingerprint density at radius 2 is 1.77 bits per heavy atom. The Morgan fingerprint density at radius 3 is 2.41 bits per heavy atom. The highest BCUT2D eigenvalue weighted by Crippen LogP contribution is 2.66. The number of rotatable bonds is 5. The van der Waals surface area contributed by atoms with E-state index in [9.17, 15) is 34.2 Å². The Balaban J connectivity index is 1.55. The Kier molecular flexibility index (Phi) is 7.76. The number of hydrogen-bond acceptors (Lipinski definition) is 7. The second-order valence-electron chi connectivity index (χ2n) is 11.0. The summed E-state index contributed by atoms with van der Waals surface area (Å²) in [5.74, 6) is -7.65. The predicted octanol–water partition coefficient (Wildman–Crippen LogP) is 5.54. The van der Waals surface area contributed by atoms with Gasteiger partial charge in [-0.2, -0.15) is 0 Å². The van der Waals surface area contributed by atoms with E-state index in [1.54, 1.807) is 6.08 Å². The van der Waals surface area contributed by atoms with E-state index in [-0.39, 0.29) is 45.5 Å². The Hall–Kier alpha value is -2.45. The molecule has 0 bridgehead atoms. The van der Waals surface area contributed by atoms with Crippen molar-refractivity contribution >= 4 is 106 Å². The number of imide groups is 2. The van der Waals surface area contributed by atoms with Crippen molar-refractivity contribution in [1.29, 1.82) is 0 Å². The molecule has 2 aliphatic heterocycles. The molecule has 2 heterocycles. The molecule has 2 saturated heterocycles. The number of amides is 4. The van der Waals surface area contributed by atoms with Crippen molar-refractivity contribution in [2.75, 3.05) is 17.5 Å². The number of carboxylic acids is 1. The van der Waals surface area contributed by atoms with Gasteiger partial charge >= 0.3 is 5.97 Å². The summed E-state index contributed by atoms with van der Waals surface area (Å²) in [4.78, 5) is 65.2. The summed E-state index contributed by atoms with van der Waals surface area (Å²) >= 11 is 24.6. The quantitative estimate of drug-likeness (QED) is 0.173. The van der Waals surface area contributed by atoms with Crippen LogP contribution in [0.3, 0.4) is 0 Å². The van der Waals surface area contributed by atoms with Gasteiger partial charge in [0.25, 0.3) is 11.8 Å². The number of carbonyl (C=O) groups excluding carboxylic acids is 4. The Bertz CT molecular complexity index is 1740. The summed E-state index contributed by atoms with van der Waals surface area (Å²) in [6.07, 6.45) is 1.67. The number of hydrogen-bond donors (Lipinski definition) is 2. The monoisotopic (exact) mass is 832 g/mol. The SMILES string of the molecule is COc1cc(C2C3=CCC4C(=O)N(c5cccc(C(=O)O)c5)C(=O)C4C3CC3(Cl)C(=O)N(CBr)C(=O)C23Cl)c(Br)c(Br)c1O. The van der Waals surface area contributed by atoms with E-state index in [0.29, 0.717) is 15.6 Å². The minimum absolute atomic E-state index is 0.0534. The van der Waals surface area contributed by atoms with Gasteiger partial charge in [0.05, 0.1) is 40.1 Å². The zero-order chi connectivity index (χ0) is 32.0. The normalized spacial score (nSPS) is 31.1. The number of phenols is 1. The maximum absolute atomic E-state index is 14.2. The topological polar surface area (TPSA) is 142 Å². The van der Waals surface area contributed by atoms with Gasteiger partial charge in [-0.05, 0) is 80.4 Å². The Morgan fingerprint density at radius 1 is 1.07 bits per heavy atom. The molecule has 6 atom stereocenters. The van der Waals surface area contributed by atoms with Gasteiger partial charge in [0.1, 0.15) is 0 Å². The van der Waals surface area contributed by atoms with Crippen LogP contribution in [-0.2, 0) is 19.2 Å². The van der Waals surface area contributed by atoms with E-state index in [2.05, 4.69) is 47.8 Å². The number of carboxylic acid groups (broad SMARTS) is 1. The lowest BCUT2D eigenvalue weighted by Gasteiger charge is -2.51. The van der Waals surface area contributed by atoms with Gasteiger partial charge in [0.2, 0.25) is 11.8 Å². The van der Waals surface area contributed by atoms with Crippen molar-refractivity contribution in [1.82, 2.24) is 4.90 Å². The van der Waals surface area contributed by atoms with E-state index in [1.165, 1.54) is 37.4 Å². The third kappa shape index (κ3) is 4.04. The van der Waals surface area contributed by atoms with Crippen LogP contribution in [0.4, 0.5) is 5.69 Å². The first-order valence-corrected chi connectivity index (χ1v) is 16.7. The first kappa shape index (κ1) is 31.5. The van der Waals surface area contributed by atoms with Gasteiger partial charge in [-0.3, -0.25) is 29.0 Å². The minimum Gasteiger partial charge on any atom is -0.503 e. The van der Waals surface area contributed by atoms with Gasteiger partial charge in [0, 0.05) is 10.4 Å². The number of aromatic carboxylic acids is 1. The molecule has 3 fully saturated rings. The van der Waals surface area contributed by atoms with Crippen molar-refractivity contribution in [3.63, 3.8) is 0 Å². The van der Waals surface area contributed by atoms with Crippen LogP contribution < -0.4 is 9.64 Å². The number of allylic oxidation sites excluding steroid dienone is 2. The highest BCUT2D eigenvalue weighted by Gasteiger charge is 2.76. The van der Waals surface area contributed by atoms with Gasteiger partial charge in [0.15, 0.2) is 21.2 Å². The van der Waals surface area contributed by atoms with Crippen LogP contribution in [0.15, 0.2) is 50.9 Å². The summed E-state index contributed by atoms with van der Waals surface area (Å²) in [7, 11) is 1.35. The molecule has 15 heteroatoms. The molecule has 10 nitrogen and oxygen atoms in total. The molecule has 2 aromatic rings. The molecule has 2 aromatic carbocycles. The molecular weight excluding hydrogens is 815 g/mol. The number of phenolic OH excluding ortho intramolecular Hbond substituents is 1. The maximum Gasteiger partial charge on any atom is 0.335 e. The van der Waals surface area contributed by atoms with Crippen LogP contribution in [0.2, 0.25) is 0 Å². The largest absolute Gasteiger partial charge is 0.503 e. The lowest BCUT2D eigenvalue weighted by molar-refractivity contribution is -0.138. The zero-order valence-corrected chi connectivity index (χ0v) is 28.8. The van der Waals surface area contributed by atoms with Crippen LogP contribution >= 0.6 is 71.0 Å². The summed E-state index contributed by atoms with van der Waals surface area (Å²) in [6.45, 7) is 0. The number of likely N-dealkylation sites (tertiary alicyclic amines) is 1. The second-order valence-corrected chi connectivity index (χ2v) is 14.3. The molecule has 2 aliphatic carbocycles. The van der Waals surface area contributed by atoms with Gasteiger partial charge in [-0.25, -0.2) is 4.79 Å². The molecule has 0 aromatic heterocycles. The number of carbonyl (C=O) groups is 5. The molecule has 6 rings (SSSR count). The van der Waals surface area contributed by atoms with E-state index < -0.39 is 63.0 Å². The zero-order valence-electron chi connectivity index (χ0n) is 22.5. The number of anilines is 1. The van der Waals surface area contributed by atoms with Crippen LogP contribution in [0.5, 0.6) is 11.5 Å². The van der Waals surface area contributed by atoms with Crippen molar-refractivity contribution < 1.29 is 38.9 Å². The number of fused-ring (bicyclic) bond motifs is 4. The summed E-state index contributed by atoms with van der Waals surface area (Å²) in [5, 5.41) is 20.1. The highest BCUT2D eigenvalue weighted by atomic mass is 79.9. The van der Waals surface area contributed by atoms with Crippen molar-refractivity contribution in [2.45, 2.75) is 28.5 Å². The number of ether oxygens (including phenoxy) is 1. The third-order valence-electron chi connectivity index (χ3n) is 9.07. The van der Waals surface area contributed by atoms with Crippen molar-refractivity contribution in [2.24, 2.45) is 17.8 Å². The molecular formula is C29H21Br3Cl2N2O8. The van der Waals surface area contributed by atoms with E-state index in [0.717, 1.165) is 9.80 Å². The fourth-order valence-electron chi connectivity index (χ4n) is 7.11. The van der Waals surface area contributed by atoms with Crippen LogP contribution in [-0.4, -0.2) is 67.0 Å². The smallest absolute Gasteiger partial charge is 0.335 e. The van der Waals surface area contributed by atoms with E-state index in [4.69, 9.17) is 27.9 Å². The Labute approximate surface area is 285 Å². The lowest BCUT2D eigenvalue weighted by atomic mass is 9.56. The molecule has 1 saturated carbocycles. The molecule has 4 aliphatic rings. The fraction of sp³-hybridized carbons (Fsp3) is 0.345. The molecule has 44 heavy (non-hydrogen) atoms. The number of alkyl halides is 3. The molecule has 0 spiro atoms. The lowest BCUT2D eigenvalue weighted by Crippen LogP contribution is -2.60. The van der Waals surface area contributed by atoms with Gasteiger partial charge < -0.3 is 14.9 Å². The fourth-order valence-corrected chi connectivity index (χ4v) is 9.48. The summed E-state index contributed by atoms with van der Waals surface area (Å²) in [6, 6.07) is 7.03. The predicted molar refractivity (Wildman–Crippen MR) is 169 cm³/mol. The van der Waals surface area contributed by atoms with Gasteiger partial charge in [-0.15, -0.1) is 23.2 Å². The average Bonchev–Trinajstić information content (AvgIpc) is 3.34. The summed E-state index contributed by atoms with van der Waals surface area (Å²) < 4.78 is 5.91. The average molecular weight is 836 g/mol. The summed E-state index contributed by atoms with van der Waals surface area (Å²) in [5.41, 5.74) is 0.746. The maximum atomic E-state index is 14.2. The van der Waals surface area contributed by atoms with Crippen LogP contribution in [0, 0.1) is 17.8 Å². The minimum atomic E-state index is -2.06. The van der Waals surface area contributed by atoms with E-state index >= 15 is 0 Å². The standard InChI is InChI=1S/C29H21Br3Cl2N2O8/c1-44-17-8-15(20(31)21(32)22(17)37)19-13-5-6-14-18(16(13)9-28(33)26(42)35(10-30)27(43)29(19,28)34)24(39)36(23(14)38)12-4-2-3-11(7-12)25(40)41/h2-5,7-8,14,16,18-19,37H,6,9-10H2,1H3,(H,40,41). The third-order valence-corrected chi connectivity index (χ3v) is 13.1. The first-order valence-electron chi connectivity index (χ1n) is 13.2. The van der Waals surface area contributed by atoms with Crippen LogP contribution in [0.25, 0.3) is 0 Å². The number of methoxy groups -OCH3 is 1. The number of benzene rings is 2. The highest BCUT2D eigenvalue weighted by molar-refractivity contribution is 9.13. The number of nitrogens with zero attached hydrogens (tertiary/aromatic N) is 2. The van der Waals surface area contributed by atoms with E-state index in [1.807, 2.05) is 0 Å². The number of halogens is 5. The second kappa shape index (κ2) is 10.8.